The van der Waals surface area contributed by atoms with Crippen molar-refractivity contribution in [2.45, 2.75) is 57.5 Å². The first kappa shape index (κ1) is 25.0. The van der Waals surface area contributed by atoms with Crippen LogP contribution < -0.4 is 5.32 Å². The summed E-state index contributed by atoms with van der Waals surface area (Å²) in [6.45, 7) is 9.33. The van der Waals surface area contributed by atoms with Crippen molar-refractivity contribution < 1.29 is 9.59 Å². The Bertz CT molecular complexity index is 1310. The van der Waals surface area contributed by atoms with Crippen molar-refractivity contribution in [3.8, 4) is 0 Å². The second-order valence-electron chi connectivity index (χ2n) is 9.66. The summed E-state index contributed by atoms with van der Waals surface area (Å²) in [5.74, 6) is 0.0477. The van der Waals surface area contributed by atoms with Crippen LogP contribution in [0.1, 0.15) is 51.6 Å². The summed E-state index contributed by atoms with van der Waals surface area (Å²) in [4.78, 5) is 34.4. The lowest BCUT2D eigenvalue weighted by atomic mass is 10.0. The first-order valence-corrected chi connectivity index (χ1v) is 14.2. The minimum atomic E-state index is -0.0598. The number of rotatable bonds is 10. The smallest absolute Gasteiger partial charge is 0.240 e. The van der Waals surface area contributed by atoms with E-state index in [1.165, 1.54) is 23.4 Å². The number of nitrogens with zero attached hydrogens (tertiary/aromatic N) is 3. The molecule has 36 heavy (non-hydrogen) atoms. The van der Waals surface area contributed by atoms with Crippen molar-refractivity contribution in [2.24, 2.45) is 0 Å². The van der Waals surface area contributed by atoms with Gasteiger partial charge in [0.25, 0.3) is 0 Å². The fraction of sp³-hybridized carbons (Fsp3) is 0.393. The largest absolute Gasteiger partial charge is 0.368 e. The summed E-state index contributed by atoms with van der Waals surface area (Å²) in [5.41, 5.74) is 3.72. The monoisotopic (exact) mass is 566 g/mol. The summed E-state index contributed by atoms with van der Waals surface area (Å²) in [5, 5.41) is 5.12. The number of nitrogens with one attached hydrogen (secondary N) is 1. The zero-order valence-electron chi connectivity index (χ0n) is 20.4. The van der Waals surface area contributed by atoms with Crippen LogP contribution in [0.4, 0.5) is 0 Å². The molecule has 3 aromatic rings. The zero-order valence-corrected chi connectivity index (χ0v) is 22.8. The SMILES string of the molecule is C=CC(=C)N1CC(NC(=O)Cn2cc(C(=O)CCCc3nc4c(s3)CCCC4)c3cc(Br)ccc32)C1. The number of halogens is 1. The molecule has 188 valence electrons. The minimum Gasteiger partial charge on any atom is -0.368 e. The van der Waals surface area contributed by atoms with Gasteiger partial charge in [-0.3, -0.25) is 9.59 Å². The third-order valence-electron chi connectivity index (χ3n) is 7.03. The van der Waals surface area contributed by atoms with Crippen LogP contribution in [-0.4, -0.2) is 45.3 Å². The molecule has 0 atom stereocenters. The van der Waals surface area contributed by atoms with Crippen LogP contribution in [-0.2, 0) is 30.6 Å². The van der Waals surface area contributed by atoms with E-state index < -0.39 is 0 Å². The second-order valence-corrected chi connectivity index (χ2v) is 11.7. The highest BCUT2D eigenvalue weighted by molar-refractivity contribution is 9.10. The molecule has 2 aromatic heterocycles. The van der Waals surface area contributed by atoms with E-state index in [1.54, 1.807) is 6.08 Å². The number of thiazole rings is 1. The molecule has 1 N–H and O–H groups in total. The molecule has 8 heteroatoms. The average Bonchev–Trinajstić information content (AvgIpc) is 3.41. The molecule has 0 unspecified atom stereocenters. The number of Topliss-reactive ketones (excluding diaryl/α,β-unsaturated/α-hetero) is 1. The van der Waals surface area contributed by atoms with E-state index >= 15 is 0 Å². The van der Waals surface area contributed by atoms with E-state index in [4.69, 9.17) is 4.98 Å². The van der Waals surface area contributed by atoms with Crippen molar-refractivity contribution in [1.82, 2.24) is 19.8 Å². The van der Waals surface area contributed by atoms with E-state index in [0.29, 0.717) is 12.0 Å². The molecular formula is C28H31BrN4O2S. The highest BCUT2D eigenvalue weighted by atomic mass is 79.9. The number of amides is 1. The summed E-state index contributed by atoms with van der Waals surface area (Å²) < 4.78 is 2.80. The predicted molar refractivity (Wildman–Crippen MR) is 149 cm³/mol. The molecule has 0 radical (unpaired) electrons. The normalized spacial score (nSPS) is 15.4. The first-order valence-electron chi connectivity index (χ1n) is 12.6. The number of aromatic nitrogens is 2. The van der Waals surface area contributed by atoms with Crippen LogP contribution in [0.15, 0.2) is 53.8 Å². The van der Waals surface area contributed by atoms with Crippen LogP contribution in [0.2, 0.25) is 0 Å². The minimum absolute atomic E-state index is 0.0598. The molecule has 6 nitrogen and oxygen atoms in total. The van der Waals surface area contributed by atoms with Gasteiger partial charge in [0, 0.05) is 57.2 Å². The summed E-state index contributed by atoms with van der Waals surface area (Å²) in [7, 11) is 0. The molecule has 2 aliphatic rings. The highest BCUT2D eigenvalue weighted by Gasteiger charge is 2.28. The van der Waals surface area contributed by atoms with Gasteiger partial charge in [0.1, 0.15) is 6.54 Å². The van der Waals surface area contributed by atoms with Crippen LogP contribution in [0.5, 0.6) is 0 Å². The Morgan fingerprint density at radius 1 is 1.25 bits per heavy atom. The van der Waals surface area contributed by atoms with Crippen molar-refractivity contribution in [3.05, 3.63) is 74.9 Å². The molecule has 1 aromatic carbocycles. The number of benzene rings is 1. The number of fused-ring (bicyclic) bond motifs is 2. The van der Waals surface area contributed by atoms with Crippen molar-refractivity contribution in [3.63, 3.8) is 0 Å². The van der Waals surface area contributed by atoms with Gasteiger partial charge in [-0.25, -0.2) is 4.98 Å². The number of allylic oxidation sites excluding steroid dienone is 1. The van der Waals surface area contributed by atoms with Gasteiger partial charge >= 0.3 is 0 Å². The van der Waals surface area contributed by atoms with Gasteiger partial charge in [0.15, 0.2) is 5.78 Å². The van der Waals surface area contributed by atoms with E-state index in [1.807, 2.05) is 40.3 Å². The third kappa shape index (κ3) is 5.34. The molecular weight excluding hydrogens is 536 g/mol. The number of carbonyl (C=O) groups excluding carboxylic acids is 2. The maximum atomic E-state index is 13.2. The predicted octanol–water partition coefficient (Wildman–Crippen LogP) is 5.44. The van der Waals surface area contributed by atoms with Crippen LogP contribution in [0, 0.1) is 0 Å². The lowest BCUT2D eigenvalue weighted by Crippen LogP contribution is -2.58. The maximum Gasteiger partial charge on any atom is 0.240 e. The van der Waals surface area contributed by atoms with Crippen LogP contribution in [0.25, 0.3) is 10.9 Å². The zero-order chi connectivity index (χ0) is 25.2. The lowest BCUT2D eigenvalue weighted by molar-refractivity contribution is -0.123. The number of likely N-dealkylation sites (tertiary alicyclic amines) is 1. The van der Waals surface area contributed by atoms with Gasteiger partial charge in [0.2, 0.25) is 5.91 Å². The summed E-state index contributed by atoms with van der Waals surface area (Å²) in [6, 6.07) is 5.97. The average molecular weight is 568 g/mol. The van der Waals surface area contributed by atoms with Crippen molar-refractivity contribution in [2.75, 3.05) is 13.1 Å². The van der Waals surface area contributed by atoms with Gasteiger partial charge in [0.05, 0.1) is 16.7 Å². The molecule has 0 spiro atoms. The fourth-order valence-corrected chi connectivity index (χ4v) is 6.59. The van der Waals surface area contributed by atoms with Crippen LogP contribution >= 0.6 is 27.3 Å². The number of carbonyl (C=O) groups is 2. The molecule has 0 bridgehead atoms. The Balaban J connectivity index is 1.23. The quantitative estimate of drug-likeness (QED) is 0.262. The Hall–Kier alpha value is -2.71. The Kier molecular flexibility index (Phi) is 7.44. The van der Waals surface area contributed by atoms with Gasteiger partial charge in [-0.15, -0.1) is 11.3 Å². The molecule has 3 heterocycles. The van der Waals surface area contributed by atoms with E-state index in [-0.39, 0.29) is 24.3 Å². The lowest BCUT2D eigenvalue weighted by Gasteiger charge is -2.41. The summed E-state index contributed by atoms with van der Waals surface area (Å²) in [6.07, 6.45) is 10.4. The van der Waals surface area contributed by atoms with Gasteiger partial charge in [-0.05, 0) is 62.8 Å². The van der Waals surface area contributed by atoms with E-state index in [0.717, 1.165) is 64.9 Å². The highest BCUT2D eigenvalue weighted by Crippen LogP contribution is 2.29. The maximum absolute atomic E-state index is 13.2. The molecule has 1 aliphatic heterocycles. The number of hydrogen-bond acceptors (Lipinski definition) is 5. The van der Waals surface area contributed by atoms with Crippen LogP contribution in [0.3, 0.4) is 0 Å². The van der Waals surface area contributed by atoms with Crippen molar-refractivity contribution in [1.29, 1.82) is 0 Å². The Morgan fingerprint density at radius 2 is 2.06 bits per heavy atom. The Morgan fingerprint density at radius 3 is 2.83 bits per heavy atom. The topological polar surface area (TPSA) is 67.2 Å². The number of ketones is 1. The second kappa shape index (κ2) is 10.7. The number of aryl methyl sites for hydroxylation is 3. The van der Waals surface area contributed by atoms with E-state index in [9.17, 15) is 9.59 Å². The molecule has 0 saturated carbocycles. The van der Waals surface area contributed by atoms with Crippen molar-refractivity contribution >= 4 is 49.9 Å². The van der Waals surface area contributed by atoms with Gasteiger partial charge in [-0.1, -0.05) is 29.1 Å². The van der Waals surface area contributed by atoms with E-state index in [2.05, 4.69) is 39.3 Å². The number of hydrogen-bond donors (Lipinski definition) is 1. The molecule has 1 saturated heterocycles. The fourth-order valence-electron chi connectivity index (χ4n) is 5.03. The Labute approximate surface area is 224 Å². The molecule has 1 fully saturated rings. The van der Waals surface area contributed by atoms with Gasteiger partial charge < -0.3 is 14.8 Å². The van der Waals surface area contributed by atoms with Gasteiger partial charge in [-0.2, -0.15) is 0 Å². The standard InChI is InChI=1S/C28H31BrN4O2S/c1-3-18(2)32-14-20(15-32)30-27(35)17-33-16-22(21-13-19(29)11-12-24(21)33)25(34)8-6-10-28-31-23-7-4-5-9-26(23)36-28/h3,11-13,16,20H,1-2,4-10,14-15,17H2,(H,30,35). The molecule has 5 rings (SSSR count). The summed E-state index contributed by atoms with van der Waals surface area (Å²) >= 11 is 5.36. The molecule has 1 amide bonds. The first-order chi connectivity index (χ1) is 17.4. The third-order valence-corrected chi connectivity index (χ3v) is 8.74. The molecule has 1 aliphatic carbocycles.